The zero-order chi connectivity index (χ0) is 15.2. The largest absolute Gasteiger partial charge is 0.483 e. The summed E-state index contributed by atoms with van der Waals surface area (Å²) < 4.78 is 53.5. The SMILES string of the molecule is O=P12O[C@](O)([C@@](O)(CO)O1)[C@@](O)(C1(O)OS(=O)(=O)O1)O2. The van der Waals surface area contributed by atoms with Gasteiger partial charge in [-0.1, -0.05) is 0 Å². The van der Waals surface area contributed by atoms with E-state index in [1.807, 2.05) is 0 Å². The summed E-state index contributed by atoms with van der Waals surface area (Å²) in [5, 5.41) is 48.3. The Morgan fingerprint density at radius 1 is 0.950 bits per heavy atom. The molecule has 1 unspecified atom stereocenters. The average molecular weight is 338 g/mol. The lowest BCUT2D eigenvalue weighted by Gasteiger charge is -2.49. The van der Waals surface area contributed by atoms with Crippen LogP contribution in [-0.2, 0) is 36.9 Å². The van der Waals surface area contributed by atoms with Crippen LogP contribution in [0.4, 0.5) is 0 Å². The Morgan fingerprint density at radius 3 is 1.85 bits per heavy atom. The fraction of sp³-hybridized carbons (Fsp3) is 1.00. The molecule has 0 aliphatic carbocycles. The van der Waals surface area contributed by atoms with E-state index in [1.165, 1.54) is 0 Å². The van der Waals surface area contributed by atoms with Crippen molar-refractivity contribution in [3.8, 4) is 0 Å². The summed E-state index contributed by atoms with van der Waals surface area (Å²) in [6.07, 6.45) is 0. The smallest absolute Gasteiger partial charge is 0.391 e. The second-order valence-corrected chi connectivity index (χ2v) is 6.70. The molecule has 0 radical (unpaired) electrons. The first-order valence-electron chi connectivity index (χ1n) is 4.73. The topological polar surface area (TPSA) is 199 Å². The molecule has 13 nitrogen and oxygen atoms in total. The van der Waals surface area contributed by atoms with Crippen molar-refractivity contribution in [2.24, 2.45) is 0 Å². The third-order valence-electron chi connectivity index (χ3n) is 2.81. The number of aliphatic hydroxyl groups is 5. The molecule has 0 aromatic carbocycles. The van der Waals surface area contributed by atoms with Crippen LogP contribution in [0.3, 0.4) is 0 Å². The van der Waals surface area contributed by atoms with Crippen LogP contribution in [0.15, 0.2) is 0 Å². The van der Waals surface area contributed by atoms with Crippen molar-refractivity contribution in [2.45, 2.75) is 23.3 Å². The highest BCUT2D eigenvalue weighted by Gasteiger charge is 2.92. The van der Waals surface area contributed by atoms with E-state index < -0.39 is 48.2 Å². The van der Waals surface area contributed by atoms with Crippen molar-refractivity contribution in [3.63, 3.8) is 0 Å². The molecular formula is C5H7O13PS. The summed E-state index contributed by atoms with van der Waals surface area (Å²) in [6.45, 7) is -1.47. The second-order valence-electron chi connectivity index (χ2n) is 4.11. The van der Waals surface area contributed by atoms with Crippen LogP contribution in [0.25, 0.3) is 0 Å². The third-order valence-corrected chi connectivity index (χ3v) is 5.17. The molecule has 3 fully saturated rings. The zero-order valence-electron chi connectivity index (χ0n) is 9.06. The van der Waals surface area contributed by atoms with Gasteiger partial charge in [-0.2, -0.15) is 16.8 Å². The van der Waals surface area contributed by atoms with Gasteiger partial charge in [-0.15, -0.1) is 0 Å². The molecular weight excluding hydrogens is 331 g/mol. The Balaban J connectivity index is 2.10. The van der Waals surface area contributed by atoms with Crippen LogP contribution in [0.5, 0.6) is 0 Å². The van der Waals surface area contributed by atoms with Gasteiger partial charge in [0.25, 0.3) is 11.6 Å². The summed E-state index contributed by atoms with van der Waals surface area (Å²) in [7, 11) is -9.55. The second kappa shape index (κ2) is 3.40. The minimum absolute atomic E-state index is 1.47. The summed E-state index contributed by atoms with van der Waals surface area (Å²) in [6, 6.07) is 0. The lowest BCUT2D eigenvalue weighted by Crippen LogP contribution is -2.80. The normalized spacial score (nSPS) is 55.6. The van der Waals surface area contributed by atoms with Gasteiger partial charge in [0.2, 0.25) is 0 Å². The van der Waals surface area contributed by atoms with Crippen molar-refractivity contribution in [1.82, 2.24) is 0 Å². The number of aliphatic hydroxyl groups excluding tert-OH is 1. The van der Waals surface area contributed by atoms with Gasteiger partial charge in [0, 0.05) is 0 Å². The van der Waals surface area contributed by atoms with Gasteiger partial charge in [0.15, 0.2) is 0 Å². The van der Waals surface area contributed by atoms with E-state index in [-0.39, 0.29) is 0 Å². The highest BCUT2D eigenvalue weighted by molar-refractivity contribution is 7.82. The van der Waals surface area contributed by atoms with Crippen LogP contribution in [-0.4, -0.2) is 63.9 Å². The maximum Gasteiger partial charge on any atom is 0.483 e. The van der Waals surface area contributed by atoms with Crippen LogP contribution in [0.1, 0.15) is 0 Å². The number of hydrogen-bond donors (Lipinski definition) is 5. The molecule has 15 heteroatoms. The lowest BCUT2D eigenvalue weighted by atomic mass is 9.95. The van der Waals surface area contributed by atoms with E-state index in [0.717, 1.165) is 0 Å². The molecule has 5 N–H and O–H groups in total. The van der Waals surface area contributed by atoms with Crippen LogP contribution in [0, 0.1) is 0 Å². The molecule has 3 aliphatic heterocycles. The van der Waals surface area contributed by atoms with E-state index in [1.54, 1.807) is 0 Å². The average Bonchev–Trinajstić information content (AvgIpc) is 2.56. The molecule has 0 amide bonds. The molecule has 0 saturated carbocycles. The van der Waals surface area contributed by atoms with E-state index in [9.17, 15) is 33.4 Å². The summed E-state index contributed by atoms with van der Waals surface area (Å²) in [5.74, 6) is -14.1. The van der Waals surface area contributed by atoms with Gasteiger partial charge in [-0.3, -0.25) is 0 Å². The Bertz CT molecular complexity index is 617. The van der Waals surface area contributed by atoms with Crippen molar-refractivity contribution in [1.29, 1.82) is 0 Å². The van der Waals surface area contributed by atoms with Crippen molar-refractivity contribution < 1.29 is 60.5 Å². The summed E-state index contributed by atoms with van der Waals surface area (Å²) >= 11 is 0. The minimum Gasteiger partial charge on any atom is -0.391 e. The van der Waals surface area contributed by atoms with Crippen molar-refractivity contribution >= 4 is 18.2 Å². The highest BCUT2D eigenvalue weighted by atomic mass is 32.3. The first-order valence-corrected chi connectivity index (χ1v) is 7.53. The Hall–Kier alpha value is -0.220. The molecule has 3 aliphatic rings. The quantitative estimate of drug-likeness (QED) is 0.307. The molecule has 2 bridgehead atoms. The molecule has 3 heterocycles. The predicted octanol–water partition coefficient (Wildman–Crippen LogP) is -3.83. The van der Waals surface area contributed by atoms with Crippen LogP contribution < -0.4 is 0 Å². The van der Waals surface area contributed by atoms with Crippen LogP contribution >= 0.6 is 7.82 Å². The molecule has 0 aromatic heterocycles. The summed E-state index contributed by atoms with van der Waals surface area (Å²) in [5.41, 5.74) is 0. The van der Waals surface area contributed by atoms with E-state index in [2.05, 4.69) is 21.9 Å². The third kappa shape index (κ3) is 1.40. The van der Waals surface area contributed by atoms with Crippen molar-refractivity contribution in [3.05, 3.63) is 0 Å². The Labute approximate surface area is 109 Å². The van der Waals surface area contributed by atoms with Gasteiger partial charge in [-0.25, -0.2) is 18.1 Å². The number of rotatable bonds is 2. The van der Waals surface area contributed by atoms with Crippen molar-refractivity contribution in [2.75, 3.05) is 6.61 Å². The molecule has 3 rings (SSSR count). The molecule has 3 saturated heterocycles. The zero-order valence-corrected chi connectivity index (χ0v) is 10.8. The molecule has 20 heavy (non-hydrogen) atoms. The predicted molar refractivity (Wildman–Crippen MR) is 48.8 cm³/mol. The van der Waals surface area contributed by atoms with Crippen LogP contribution in [0.2, 0.25) is 0 Å². The fourth-order valence-corrected chi connectivity index (χ4v) is 4.50. The maximum absolute atomic E-state index is 11.7. The Kier molecular flexibility index (Phi) is 2.50. The molecule has 0 aromatic rings. The number of hydrogen-bond acceptors (Lipinski definition) is 13. The van der Waals surface area contributed by atoms with Gasteiger partial charge >= 0.3 is 30.0 Å². The Morgan fingerprint density at radius 2 is 1.45 bits per heavy atom. The number of phosphoric ester groups is 1. The van der Waals surface area contributed by atoms with Gasteiger partial charge in [0.1, 0.15) is 6.61 Å². The van der Waals surface area contributed by atoms with E-state index in [0.29, 0.717) is 0 Å². The molecule has 116 valence electrons. The maximum atomic E-state index is 11.7. The molecule has 0 spiro atoms. The van der Waals surface area contributed by atoms with E-state index >= 15 is 0 Å². The van der Waals surface area contributed by atoms with Gasteiger partial charge in [0.05, 0.1) is 0 Å². The first-order chi connectivity index (χ1) is 8.85. The summed E-state index contributed by atoms with van der Waals surface area (Å²) in [4.78, 5) is 0. The lowest BCUT2D eigenvalue weighted by molar-refractivity contribution is -0.517. The van der Waals surface area contributed by atoms with E-state index in [4.69, 9.17) is 5.11 Å². The first kappa shape index (κ1) is 14.7. The molecule has 4 atom stereocenters. The highest BCUT2D eigenvalue weighted by Crippen LogP contribution is 2.76. The van der Waals surface area contributed by atoms with Gasteiger partial charge < -0.3 is 25.5 Å². The standard InChI is InChI=1S/C5H7O13PS/c6-1-2(7)3(8)4(9,16-19(11,14-2)15-3)5(10)17-20(12,13)18-5/h6-10H,1H2/t2-,3-,4+,19?/m1/s1. The fourth-order valence-electron chi connectivity index (χ4n) is 1.89. The number of fused-ring (bicyclic) bond motifs is 2. The van der Waals surface area contributed by atoms with Gasteiger partial charge in [-0.05, 0) is 0 Å². The monoisotopic (exact) mass is 338 g/mol. The number of phosphoric acid groups is 1. The minimum atomic E-state index is -4.84.